The second-order valence-corrected chi connectivity index (χ2v) is 8.85. The molecule has 0 spiro atoms. The largest absolute Gasteiger partial charge is 0.313 e. The zero-order chi connectivity index (χ0) is 14.8. The van der Waals surface area contributed by atoms with Crippen LogP contribution in [0.15, 0.2) is 0 Å². The number of hydrogen-bond donors (Lipinski definition) is 2. The Morgan fingerprint density at radius 3 is 2.05 bits per heavy atom. The quantitative estimate of drug-likeness (QED) is 0.780. The summed E-state index contributed by atoms with van der Waals surface area (Å²) in [5.41, 5.74) is 5.93. The second kappa shape index (κ2) is 6.10. The zero-order valence-electron chi connectivity index (χ0n) is 12.6. The van der Waals surface area contributed by atoms with Gasteiger partial charge in [-0.3, -0.25) is 4.55 Å². The van der Waals surface area contributed by atoms with Gasteiger partial charge in [0.1, 0.15) is 5.37 Å². The van der Waals surface area contributed by atoms with Crippen LogP contribution >= 0.6 is 0 Å². The topological polar surface area (TPSA) is 80.4 Å². The van der Waals surface area contributed by atoms with Gasteiger partial charge in [-0.05, 0) is 42.4 Å². The first-order valence-electron chi connectivity index (χ1n) is 7.23. The van der Waals surface area contributed by atoms with E-state index < -0.39 is 15.5 Å². The van der Waals surface area contributed by atoms with E-state index in [1.54, 1.807) is 0 Å². The number of rotatable bonds is 4. The first-order valence-corrected chi connectivity index (χ1v) is 8.74. The third-order valence-electron chi connectivity index (χ3n) is 4.68. The van der Waals surface area contributed by atoms with Gasteiger partial charge in [-0.25, -0.2) is 0 Å². The molecule has 2 unspecified atom stereocenters. The average Bonchev–Trinajstić information content (AvgIpc) is 2.26. The Morgan fingerprint density at radius 2 is 1.68 bits per heavy atom. The lowest BCUT2D eigenvalue weighted by Gasteiger charge is -2.37. The van der Waals surface area contributed by atoms with Crippen LogP contribution in [0, 0.1) is 23.2 Å². The molecular weight excluding hydrogens is 262 g/mol. The van der Waals surface area contributed by atoms with Gasteiger partial charge in [-0.1, -0.05) is 40.5 Å². The minimum absolute atomic E-state index is 0.189. The second-order valence-electron chi connectivity index (χ2n) is 7.28. The summed E-state index contributed by atoms with van der Waals surface area (Å²) in [6.45, 7) is 8.67. The van der Waals surface area contributed by atoms with Gasteiger partial charge in [0, 0.05) is 0 Å². The summed E-state index contributed by atoms with van der Waals surface area (Å²) < 4.78 is 31.0. The Morgan fingerprint density at radius 1 is 1.21 bits per heavy atom. The molecule has 1 rings (SSSR count). The first-order chi connectivity index (χ1) is 8.51. The highest BCUT2D eigenvalue weighted by atomic mass is 32.2. The smallest absolute Gasteiger partial charge is 0.281 e. The summed E-state index contributed by atoms with van der Waals surface area (Å²) in [5, 5.41) is -1.15. The van der Waals surface area contributed by atoms with Crippen molar-refractivity contribution in [3.8, 4) is 0 Å². The van der Waals surface area contributed by atoms with E-state index in [2.05, 4.69) is 20.8 Å². The van der Waals surface area contributed by atoms with Crippen molar-refractivity contribution >= 4 is 10.1 Å². The summed E-state index contributed by atoms with van der Waals surface area (Å²) in [5.74, 6) is 1.11. The van der Waals surface area contributed by atoms with E-state index >= 15 is 0 Å². The van der Waals surface area contributed by atoms with Gasteiger partial charge >= 0.3 is 0 Å². The van der Waals surface area contributed by atoms with Gasteiger partial charge in [0.05, 0.1) is 0 Å². The van der Waals surface area contributed by atoms with Gasteiger partial charge in [0.25, 0.3) is 10.1 Å². The first kappa shape index (κ1) is 16.9. The van der Waals surface area contributed by atoms with Crippen LogP contribution in [0.1, 0.15) is 59.8 Å². The molecule has 0 heterocycles. The van der Waals surface area contributed by atoms with Crippen LogP contribution in [-0.2, 0) is 10.1 Å². The van der Waals surface area contributed by atoms with Crippen LogP contribution in [-0.4, -0.2) is 18.3 Å². The molecule has 0 aromatic heterocycles. The van der Waals surface area contributed by atoms with E-state index in [1.807, 2.05) is 6.92 Å². The van der Waals surface area contributed by atoms with Crippen molar-refractivity contribution in [3.63, 3.8) is 0 Å². The molecule has 0 amide bonds. The van der Waals surface area contributed by atoms with Gasteiger partial charge in [0.2, 0.25) is 0 Å². The Labute approximate surface area is 117 Å². The zero-order valence-corrected chi connectivity index (χ0v) is 13.4. The Bertz CT molecular complexity index is 378. The van der Waals surface area contributed by atoms with Crippen molar-refractivity contribution in [1.29, 1.82) is 0 Å². The van der Waals surface area contributed by atoms with Crippen LogP contribution in [0.25, 0.3) is 0 Å². The molecule has 0 saturated heterocycles. The van der Waals surface area contributed by atoms with E-state index in [0.717, 1.165) is 25.2 Å². The van der Waals surface area contributed by atoms with Crippen LogP contribution in [0.5, 0.6) is 0 Å². The third-order valence-corrected chi connectivity index (χ3v) is 5.83. The molecule has 4 nitrogen and oxygen atoms in total. The molecule has 2 atom stereocenters. The highest BCUT2D eigenvalue weighted by molar-refractivity contribution is 7.86. The molecule has 1 saturated carbocycles. The van der Waals surface area contributed by atoms with E-state index in [1.165, 1.54) is 12.8 Å². The molecule has 0 aromatic carbocycles. The van der Waals surface area contributed by atoms with E-state index in [4.69, 9.17) is 10.3 Å². The lowest BCUT2D eigenvalue weighted by molar-refractivity contribution is 0.139. The fourth-order valence-electron chi connectivity index (χ4n) is 3.22. The fourth-order valence-corrected chi connectivity index (χ4v) is 3.92. The molecule has 114 valence electrons. The van der Waals surface area contributed by atoms with Crippen molar-refractivity contribution in [3.05, 3.63) is 0 Å². The maximum atomic E-state index is 11.0. The molecule has 0 aliphatic heterocycles. The van der Waals surface area contributed by atoms with E-state index in [0.29, 0.717) is 11.3 Å². The Hall–Kier alpha value is -0.130. The van der Waals surface area contributed by atoms with Gasteiger partial charge in [-0.2, -0.15) is 8.42 Å². The molecule has 1 fully saturated rings. The summed E-state index contributed by atoms with van der Waals surface area (Å²) in [6.07, 6.45) is 5.50. The van der Waals surface area contributed by atoms with Gasteiger partial charge in [-0.15, -0.1) is 0 Å². The summed E-state index contributed by atoms with van der Waals surface area (Å²) in [6, 6.07) is 0. The molecule has 0 aromatic rings. The lowest BCUT2D eigenvalue weighted by atomic mass is 9.68. The minimum atomic E-state index is -4.11. The van der Waals surface area contributed by atoms with Crippen LogP contribution in [0.2, 0.25) is 0 Å². The average molecular weight is 291 g/mol. The highest BCUT2D eigenvalue weighted by Crippen LogP contribution is 2.41. The van der Waals surface area contributed by atoms with Crippen molar-refractivity contribution in [2.45, 2.75) is 65.2 Å². The minimum Gasteiger partial charge on any atom is -0.313 e. The maximum Gasteiger partial charge on any atom is 0.281 e. The third kappa shape index (κ3) is 5.04. The Balaban J connectivity index is 2.46. The van der Waals surface area contributed by atoms with Crippen LogP contribution in [0.3, 0.4) is 0 Å². The SMILES string of the molecule is CC(CC1CCC(C(C)(C)C)CC1)C(N)S(=O)(=O)O. The molecule has 19 heavy (non-hydrogen) atoms. The van der Waals surface area contributed by atoms with Crippen LogP contribution < -0.4 is 5.73 Å². The molecule has 0 radical (unpaired) electrons. The lowest BCUT2D eigenvalue weighted by Crippen LogP contribution is -2.37. The van der Waals surface area contributed by atoms with Crippen molar-refractivity contribution in [2.75, 3.05) is 0 Å². The molecule has 0 bridgehead atoms. The molecular formula is C14H29NO3S. The van der Waals surface area contributed by atoms with Gasteiger partial charge < -0.3 is 5.73 Å². The molecule has 1 aliphatic carbocycles. The highest BCUT2D eigenvalue weighted by Gasteiger charge is 2.32. The maximum absolute atomic E-state index is 11.0. The number of hydrogen-bond acceptors (Lipinski definition) is 3. The molecule has 1 aliphatic rings. The fraction of sp³-hybridized carbons (Fsp3) is 1.00. The molecule has 5 heteroatoms. The summed E-state index contributed by atoms with van der Waals surface area (Å²) >= 11 is 0. The molecule has 3 N–H and O–H groups in total. The van der Waals surface area contributed by atoms with Crippen molar-refractivity contribution in [1.82, 2.24) is 0 Å². The van der Waals surface area contributed by atoms with Crippen molar-refractivity contribution < 1.29 is 13.0 Å². The number of nitrogens with two attached hydrogens (primary N) is 1. The predicted octanol–water partition coefficient (Wildman–Crippen LogP) is 3.04. The normalized spacial score (nSPS) is 28.9. The summed E-state index contributed by atoms with van der Waals surface area (Å²) in [4.78, 5) is 0. The van der Waals surface area contributed by atoms with Crippen LogP contribution in [0.4, 0.5) is 0 Å². The van der Waals surface area contributed by atoms with E-state index in [-0.39, 0.29) is 5.92 Å². The van der Waals surface area contributed by atoms with E-state index in [9.17, 15) is 8.42 Å². The monoisotopic (exact) mass is 291 g/mol. The standard InChI is InChI=1S/C14H29NO3S/c1-10(13(15)19(16,17)18)9-11-5-7-12(8-6-11)14(2,3)4/h10-13H,5-9,15H2,1-4H3,(H,16,17,18). The van der Waals surface area contributed by atoms with Crippen molar-refractivity contribution in [2.24, 2.45) is 28.9 Å². The van der Waals surface area contributed by atoms with Gasteiger partial charge in [0.15, 0.2) is 0 Å². The Kier molecular flexibility index (Phi) is 5.43. The summed E-state index contributed by atoms with van der Waals surface area (Å²) in [7, 11) is -4.11. The predicted molar refractivity (Wildman–Crippen MR) is 78.2 cm³/mol.